The summed E-state index contributed by atoms with van der Waals surface area (Å²) < 4.78 is 19.2. The van der Waals surface area contributed by atoms with Gasteiger partial charge in [0.1, 0.15) is 11.4 Å². The lowest BCUT2D eigenvalue weighted by Crippen LogP contribution is -2.24. The number of esters is 1. The van der Waals surface area contributed by atoms with E-state index in [0.717, 1.165) is 5.56 Å². The van der Waals surface area contributed by atoms with Crippen LogP contribution in [0.15, 0.2) is 48.5 Å². The van der Waals surface area contributed by atoms with Crippen molar-refractivity contribution in [2.24, 2.45) is 0 Å². The molecule has 0 aliphatic rings. The Morgan fingerprint density at radius 1 is 1.09 bits per heavy atom. The van der Waals surface area contributed by atoms with Gasteiger partial charge >= 0.3 is 5.97 Å². The molecule has 0 aromatic heterocycles. The summed E-state index contributed by atoms with van der Waals surface area (Å²) in [5.41, 5.74) is 1.36. The Kier molecular flexibility index (Phi) is 5.50. The van der Waals surface area contributed by atoms with Gasteiger partial charge in [-0.1, -0.05) is 30.3 Å². The molecule has 23 heavy (non-hydrogen) atoms. The third kappa shape index (κ3) is 5.49. The van der Waals surface area contributed by atoms with E-state index in [0.29, 0.717) is 24.2 Å². The fourth-order valence-corrected chi connectivity index (χ4v) is 2.11. The van der Waals surface area contributed by atoms with Gasteiger partial charge in [-0.2, -0.15) is 0 Å². The fourth-order valence-electron chi connectivity index (χ4n) is 2.11. The predicted octanol–water partition coefficient (Wildman–Crippen LogP) is 4.07. The molecule has 0 aliphatic carbocycles. The lowest BCUT2D eigenvalue weighted by Gasteiger charge is -2.19. The maximum Gasteiger partial charge on any atom is 0.338 e. The second-order valence-electron chi connectivity index (χ2n) is 6.40. The molecule has 3 nitrogen and oxygen atoms in total. The molecule has 4 heteroatoms. The molecule has 0 aliphatic heterocycles. The number of nitrogens with one attached hydrogen (secondary N) is 1. The van der Waals surface area contributed by atoms with Crippen LogP contribution in [0.1, 0.15) is 42.3 Å². The van der Waals surface area contributed by atoms with Gasteiger partial charge in [0.15, 0.2) is 0 Å². The quantitative estimate of drug-likeness (QED) is 0.845. The Labute approximate surface area is 136 Å². The summed E-state index contributed by atoms with van der Waals surface area (Å²) in [6.07, 6.45) is 0. The van der Waals surface area contributed by atoms with Crippen LogP contribution in [0.3, 0.4) is 0 Å². The maximum atomic E-state index is 13.9. The largest absolute Gasteiger partial charge is 0.456 e. The van der Waals surface area contributed by atoms with Crippen molar-refractivity contribution < 1.29 is 13.9 Å². The van der Waals surface area contributed by atoms with Crippen molar-refractivity contribution in [3.05, 3.63) is 71.0 Å². The number of benzene rings is 2. The van der Waals surface area contributed by atoms with Gasteiger partial charge in [0.25, 0.3) is 0 Å². The third-order valence-corrected chi connectivity index (χ3v) is 3.17. The van der Waals surface area contributed by atoms with E-state index in [2.05, 4.69) is 5.32 Å². The average Bonchev–Trinajstić information content (AvgIpc) is 2.48. The maximum absolute atomic E-state index is 13.9. The number of rotatable bonds is 5. The second-order valence-corrected chi connectivity index (χ2v) is 6.40. The van der Waals surface area contributed by atoms with Crippen molar-refractivity contribution in [1.82, 2.24) is 5.32 Å². The Bertz CT molecular complexity index is 663. The van der Waals surface area contributed by atoms with Crippen LogP contribution >= 0.6 is 0 Å². The van der Waals surface area contributed by atoms with Gasteiger partial charge in [-0.3, -0.25) is 0 Å². The number of carbonyl (C=O) groups excluding carboxylic acids is 1. The van der Waals surface area contributed by atoms with E-state index in [1.165, 1.54) is 12.1 Å². The molecule has 0 atom stereocenters. The molecule has 0 saturated heterocycles. The molecule has 0 unspecified atom stereocenters. The summed E-state index contributed by atoms with van der Waals surface area (Å²) in [5, 5.41) is 3.18. The number of ether oxygens (including phenoxy) is 1. The summed E-state index contributed by atoms with van der Waals surface area (Å²) in [6.45, 7) is 6.39. The zero-order chi connectivity index (χ0) is 16.9. The first-order chi connectivity index (χ1) is 10.8. The zero-order valence-corrected chi connectivity index (χ0v) is 13.7. The minimum Gasteiger partial charge on any atom is -0.456 e. The van der Waals surface area contributed by atoms with Crippen molar-refractivity contribution in [1.29, 1.82) is 0 Å². The molecule has 2 rings (SSSR count). The van der Waals surface area contributed by atoms with E-state index in [9.17, 15) is 9.18 Å². The van der Waals surface area contributed by atoms with Crippen LogP contribution in [0.4, 0.5) is 4.39 Å². The second kappa shape index (κ2) is 7.38. The molecule has 2 aromatic rings. The van der Waals surface area contributed by atoms with E-state index in [4.69, 9.17) is 4.74 Å². The highest BCUT2D eigenvalue weighted by Crippen LogP contribution is 2.15. The summed E-state index contributed by atoms with van der Waals surface area (Å²) in [5.74, 6) is -0.778. The van der Waals surface area contributed by atoms with Gasteiger partial charge in [-0.05, 0) is 44.5 Å². The topological polar surface area (TPSA) is 38.3 Å². The van der Waals surface area contributed by atoms with E-state index >= 15 is 0 Å². The number of hydrogen-bond donors (Lipinski definition) is 1. The average molecular weight is 315 g/mol. The molecule has 2 aromatic carbocycles. The molecule has 122 valence electrons. The standard InChI is InChI=1S/C19H22FNO2/c1-19(2,3)23-18(22)15-9-10-17(20)16(11-15)13-21-12-14-7-5-4-6-8-14/h4-11,21H,12-13H2,1-3H3. The summed E-state index contributed by atoms with van der Waals surface area (Å²) in [4.78, 5) is 12.1. The van der Waals surface area contributed by atoms with Crippen LogP contribution in [0, 0.1) is 5.82 Å². The Morgan fingerprint density at radius 3 is 2.43 bits per heavy atom. The molecule has 0 radical (unpaired) electrons. The smallest absolute Gasteiger partial charge is 0.338 e. The monoisotopic (exact) mass is 315 g/mol. The normalized spacial score (nSPS) is 11.3. The Hall–Kier alpha value is -2.20. The molecular weight excluding hydrogens is 293 g/mol. The van der Waals surface area contributed by atoms with E-state index < -0.39 is 11.6 Å². The first-order valence-electron chi connectivity index (χ1n) is 7.61. The van der Waals surface area contributed by atoms with E-state index in [1.807, 2.05) is 30.3 Å². The zero-order valence-electron chi connectivity index (χ0n) is 13.7. The molecule has 0 fully saturated rings. The van der Waals surface area contributed by atoms with Crippen LogP contribution in [0.25, 0.3) is 0 Å². The Balaban J connectivity index is 2.01. The van der Waals surface area contributed by atoms with Crippen LogP contribution < -0.4 is 5.32 Å². The highest BCUT2D eigenvalue weighted by atomic mass is 19.1. The van der Waals surface area contributed by atoms with Crippen molar-refractivity contribution in [3.63, 3.8) is 0 Å². The summed E-state index contributed by atoms with van der Waals surface area (Å²) in [7, 11) is 0. The van der Waals surface area contributed by atoms with Crippen LogP contribution in [-0.2, 0) is 17.8 Å². The van der Waals surface area contributed by atoms with Crippen LogP contribution in [0.5, 0.6) is 0 Å². The predicted molar refractivity (Wildman–Crippen MR) is 88.6 cm³/mol. The molecule has 0 spiro atoms. The lowest BCUT2D eigenvalue weighted by molar-refractivity contribution is 0.00693. The van der Waals surface area contributed by atoms with Gasteiger partial charge in [0, 0.05) is 18.7 Å². The summed E-state index contributed by atoms with van der Waals surface area (Å²) >= 11 is 0. The van der Waals surface area contributed by atoms with Gasteiger partial charge in [-0.15, -0.1) is 0 Å². The molecule has 0 amide bonds. The highest BCUT2D eigenvalue weighted by Gasteiger charge is 2.18. The molecule has 1 N–H and O–H groups in total. The number of halogens is 1. The van der Waals surface area contributed by atoms with Crippen molar-refractivity contribution >= 4 is 5.97 Å². The molecule has 0 heterocycles. The van der Waals surface area contributed by atoms with Crippen LogP contribution in [-0.4, -0.2) is 11.6 Å². The van der Waals surface area contributed by atoms with Gasteiger partial charge in [0.05, 0.1) is 5.56 Å². The molecule has 0 saturated carbocycles. The van der Waals surface area contributed by atoms with Crippen molar-refractivity contribution in [2.75, 3.05) is 0 Å². The minimum absolute atomic E-state index is 0.335. The van der Waals surface area contributed by atoms with Gasteiger partial charge < -0.3 is 10.1 Å². The Morgan fingerprint density at radius 2 is 1.78 bits per heavy atom. The van der Waals surface area contributed by atoms with Crippen molar-refractivity contribution in [2.45, 2.75) is 39.5 Å². The SMILES string of the molecule is CC(C)(C)OC(=O)c1ccc(F)c(CNCc2ccccc2)c1. The van der Waals surface area contributed by atoms with Crippen molar-refractivity contribution in [3.8, 4) is 0 Å². The molecule has 0 bridgehead atoms. The highest BCUT2D eigenvalue weighted by molar-refractivity contribution is 5.89. The third-order valence-electron chi connectivity index (χ3n) is 3.17. The first kappa shape index (κ1) is 17.2. The number of hydrogen-bond acceptors (Lipinski definition) is 3. The first-order valence-corrected chi connectivity index (χ1v) is 7.61. The van der Waals surface area contributed by atoms with E-state index in [-0.39, 0.29) is 5.82 Å². The molecular formula is C19H22FNO2. The minimum atomic E-state index is -0.572. The van der Waals surface area contributed by atoms with Gasteiger partial charge in [0.2, 0.25) is 0 Å². The van der Waals surface area contributed by atoms with Gasteiger partial charge in [-0.25, -0.2) is 9.18 Å². The lowest BCUT2D eigenvalue weighted by atomic mass is 10.1. The van der Waals surface area contributed by atoms with Crippen LogP contribution in [0.2, 0.25) is 0 Å². The number of carbonyl (C=O) groups is 1. The summed E-state index contributed by atoms with van der Waals surface area (Å²) in [6, 6.07) is 14.2. The van der Waals surface area contributed by atoms with E-state index in [1.54, 1.807) is 26.8 Å². The fraction of sp³-hybridized carbons (Fsp3) is 0.316.